The first-order valence-corrected chi connectivity index (χ1v) is 10.4. The second-order valence-electron chi connectivity index (χ2n) is 7.71. The molecule has 0 saturated carbocycles. The molecule has 0 aromatic heterocycles. The first kappa shape index (κ1) is 20.0. The van der Waals surface area contributed by atoms with Gasteiger partial charge in [0.25, 0.3) is 0 Å². The molecule has 3 aliphatic rings. The summed E-state index contributed by atoms with van der Waals surface area (Å²) in [4.78, 5) is 14.1. The molecule has 0 radical (unpaired) electrons. The second-order valence-corrected chi connectivity index (χ2v) is 8.55. The highest BCUT2D eigenvalue weighted by molar-refractivity contribution is 6.36. The van der Waals surface area contributed by atoms with Gasteiger partial charge in [0.05, 0.1) is 29.8 Å². The van der Waals surface area contributed by atoms with Crippen molar-refractivity contribution in [1.29, 1.82) is 0 Å². The van der Waals surface area contributed by atoms with Crippen LogP contribution in [0.3, 0.4) is 0 Å². The number of methoxy groups -OCH3 is 2. The molecule has 3 aliphatic heterocycles. The van der Waals surface area contributed by atoms with Crippen LogP contribution in [0.5, 0.6) is 0 Å². The smallest absolute Gasteiger partial charge is 0.133 e. The van der Waals surface area contributed by atoms with E-state index in [1.165, 1.54) is 0 Å². The monoisotopic (exact) mass is 424 g/mol. The maximum atomic E-state index is 6.50. The van der Waals surface area contributed by atoms with Gasteiger partial charge < -0.3 is 19.3 Å². The molecular formula is C20H26Cl2N4O2. The fourth-order valence-electron chi connectivity index (χ4n) is 4.77. The zero-order valence-electron chi connectivity index (χ0n) is 16.2. The Morgan fingerprint density at radius 1 is 1.21 bits per heavy atom. The van der Waals surface area contributed by atoms with Gasteiger partial charge in [0.15, 0.2) is 0 Å². The van der Waals surface area contributed by atoms with Gasteiger partial charge >= 0.3 is 0 Å². The van der Waals surface area contributed by atoms with Gasteiger partial charge in [0.2, 0.25) is 0 Å². The number of piperidine rings is 1. The molecule has 6 nitrogen and oxygen atoms in total. The van der Waals surface area contributed by atoms with Gasteiger partial charge in [-0.05, 0) is 30.5 Å². The van der Waals surface area contributed by atoms with Crippen LogP contribution in [-0.2, 0) is 9.47 Å². The lowest BCUT2D eigenvalue weighted by atomic mass is 9.84. The van der Waals surface area contributed by atoms with Crippen molar-refractivity contribution in [3.8, 4) is 0 Å². The normalized spacial score (nSPS) is 26.0. The van der Waals surface area contributed by atoms with Gasteiger partial charge in [-0.15, -0.1) is 0 Å². The van der Waals surface area contributed by atoms with Gasteiger partial charge in [0, 0.05) is 44.8 Å². The number of ether oxygens (including phenoxy) is 2. The molecule has 28 heavy (non-hydrogen) atoms. The summed E-state index contributed by atoms with van der Waals surface area (Å²) < 4.78 is 10.8. The highest BCUT2D eigenvalue weighted by Gasteiger charge is 2.49. The van der Waals surface area contributed by atoms with E-state index in [1.807, 2.05) is 12.1 Å². The van der Waals surface area contributed by atoms with Crippen LogP contribution >= 0.6 is 23.2 Å². The molecule has 0 aliphatic carbocycles. The molecule has 1 aromatic rings. The number of anilines is 1. The van der Waals surface area contributed by atoms with E-state index < -0.39 is 0 Å². The molecular weight excluding hydrogens is 399 g/mol. The first-order valence-electron chi connectivity index (χ1n) is 9.66. The number of benzene rings is 1. The van der Waals surface area contributed by atoms with Crippen molar-refractivity contribution in [3.05, 3.63) is 28.2 Å². The minimum absolute atomic E-state index is 0.0261. The molecule has 3 unspecified atom stereocenters. The minimum Gasteiger partial charge on any atom is -0.384 e. The number of halogens is 2. The van der Waals surface area contributed by atoms with E-state index in [4.69, 9.17) is 37.7 Å². The molecule has 0 spiro atoms. The maximum absolute atomic E-state index is 6.50. The SMILES string of the molecule is COCC(COC)CN1CC2CCN(c3ccc(Cl)cc3Cl)C3N=CN=C1C23. The highest BCUT2D eigenvalue weighted by Crippen LogP contribution is 2.43. The Hall–Kier alpha value is -1.34. The van der Waals surface area contributed by atoms with E-state index in [1.54, 1.807) is 26.6 Å². The van der Waals surface area contributed by atoms with Crippen LogP contribution in [0.4, 0.5) is 5.69 Å². The summed E-state index contributed by atoms with van der Waals surface area (Å²) >= 11 is 12.6. The third-order valence-corrected chi connectivity index (χ3v) is 6.42. The largest absolute Gasteiger partial charge is 0.384 e. The second kappa shape index (κ2) is 8.57. The molecule has 3 heterocycles. The Kier molecular flexibility index (Phi) is 6.11. The Balaban J connectivity index is 1.56. The van der Waals surface area contributed by atoms with Crippen LogP contribution in [-0.4, -0.2) is 70.3 Å². The number of amidine groups is 1. The van der Waals surface area contributed by atoms with E-state index in [-0.39, 0.29) is 12.1 Å². The lowest BCUT2D eigenvalue weighted by Crippen LogP contribution is -2.51. The Labute approximate surface area is 176 Å². The van der Waals surface area contributed by atoms with E-state index >= 15 is 0 Å². The zero-order chi connectivity index (χ0) is 19.7. The van der Waals surface area contributed by atoms with Gasteiger partial charge in [-0.2, -0.15) is 0 Å². The van der Waals surface area contributed by atoms with Gasteiger partial charge in [-0.3, -0.25) is 0 Å². The molecule has 0 amide bonds. The third-order valence-electron chi connectivity index (χ3n) is 5.88. The van der Waals surface area contributed by atoms with Gasteiger partial charge in [-0.25, -0.2) is 9.98 Å². The van der Waals surface area contributed by atoms with E-state index in [9.17, 15) is 0 Å². The summed E-state index contributed by atoms with van der Waals surface area (Å²) in [7, 11) is 3.47. The lowest BCUT2D eigenvalue weighted by molar-refractivity contribution is 0.0734. The van der Waals surface area contributed by atoms with Crippen LogP contribution in [0.15, 0.2) is 28.2 Å². The quantitative estimate of drug-likeness (QED) is 0.672. The summed E-state index contributed by atoms with van der Waals surface area (Å²) in [5.74, 6) is 2.29. The molecule has 8 heteroatoms. The van der Waals surface area contributed by atoms with E-state index in [0.717, 1.165) is 37.6 Å². The lowest BCUT2D eigenvalue weighted by Gasteiger charge is -2.42. The summed E-state index contributed by atoms with van der Waals surface area (Å²) in [5.41, 5.74) is 0.989. The van der Waals surface area contributed by atoms with Crippen LogP contribution in [0.25, 0.3) is 0 Å². The summed E-state index contributed by atoms with van der Waals surface area (Å²) in [6.07, 6.45) is 2.82. The van der Waals surface area contributed by atoms with Crippen molar-refractivity contribution in [3.63, 3.8) is 0 Å². The predicted octanol–water partition coefficient (Wildman–Crippen LogP) is 3.43. The molecule has 0 bridgehead atoms. The van der Waals surface area contributed by atoms with Crippen molar-refractivity contribution in [2.75, 3.05) is 52.0 Å². The van der Waals surface area contributed by atoms with Crippen molar-refractivity contribution in [1.82, 2.24) is 4.90 Å². The fourth-order valence-corrected chi connectivity index (χ4v) is 5.29. The van der Waals surface area contributed by atoms with Gasteiger partial charge in [0.1, 0.15) is 18.3 Å². The number of likely N-dealkylation sites (tertiary alicyclic amines) is 1. The van der Waals surface area contributed by atoms with Crippen LogP contribution in [0, 0.1) is 17.8 Å². The number of hydrogen-bond acceptors (Lipinski definition) is 6. The van der Waals surface area contributed by atoms with E-state index in [2.05, 4.69) is 14.8 Å². The number of nitrogens with zero attached hydrogens (tertiary/aromatic N) is 4. The fraction of sp³-hybridized carbons (Fsp3) is 0.600. The highest BCUT2D eigenvalue weighted by atomic mass is 35.5. The van der Waals surface area contributed by atoms with Crippen LogP contribution in [0.2, 0.25) is 10.0 Å². The summed E-state index contributed by atoms with van der Waals surface area (Å²) in [6, 6.07) is 5.68. The third kappa shape index (κ3) is 3.75. The minimum atomic E-state index is 0.0261. The standard InChI is InChI=1S/C20H26Cl2N4O2/c1-27-10-13(11-28-2)8-25-9-14-5-6-26(17-4-3-15(21)7-16(17)22)20-18(14)19(25)23-12-24-20/h3-4,7,12-14,18,20H,5-6,8-11H2,1-2H3. The average Bonchev–Trinajstić information content (AvgIpc) is 3.03. The molecule has 2 fully saturated rings. The first-order chi connectivity index (χ1) is 13.6. The van der Waals surface area contributed by atoms with Crippen LogP contribution < -0.4 is 4.90 Å². The zero-order valence-corrected chi connectivity index (χ0v) is 17.7. The number of rotatable bonds is 7. The van der Waals surface area contributed by atoms with Crippen molar-refractivity contribution in [2.45, 2.75) is 12.6 Å². The predicted molar refractivity (Wildman–Crippen MR) is 114 cm³/mol. The van der Waals surface area contributed by atoms with Crippen molar-refractivity contribution in [2.24, 2.45) is 27.7 Å². The molecule has 1 aromatic carbocycles. The topological polar surface area (TPSA) is 49.7 Å². The average molecular weight is 425 g/mol. The summed E-state index contributed by atoms with van der Waals surface area (Å²) in [5, 5.41) is 1.31. The number of aliphatic imine (C=N–C) groups is 2. The molecule has 3 atom stereocenters. The van der Waals surface area contributed by atoms with Crippen LogP contribution in [0.1, 0.15) is 6.42 Å². The maximum Gasteiger partial charge on any atom is 0.133 e. The Morgan fingerprint density at radius 3 is 2.71 bits per heavy atom. The summed E-state index contributed by atoms with van der Waals surface area (Å²) in [6.45, 7) is 4.17. The number of hydrogen-bond donors (Lipinski definition) is 0. The molecule has 2 saturated heterocycles. The van der Waals surface area contributed by atoms with E-state index in [0.29, 0.717) is 35.1 Å². The Morgan fingerprint density at radius 2 is 2.00 bits per heavy atom. The Bertz CT molecular complexity index is 767. The molecule has 152 valence electrons. The molecule has 4 rings (SSSR count). The van der Waals surface area contributed by atoms with Crippen molar-refractivity contribution < 1.29 is 9.47 Å². The molecule has 0 N–H and O–H groups in total. The van der Waals surface area contributed by atoms with Gasteiger partial charge in [-0.1, -0.05) is 23.2 Å². The van der Waals surface area contributed by atoms with Crippen molar-refractivity contribution >= 4 is 41.1 Å².